The molecule has 1 fully saturated rings. The fourth-order valence-electron chi connectivity index (χ4n) is 2.42. The maximum atomic E-state index is 12.4. The lowest BCUT2D eigenvalue weighted by Gasteiger charge is -2.33. The lowest BCUT2D eigenvalue weighted by molar-refractivity contribution is 0.0649. The van der Waals surface area contributed by atoms with E-state index in [0.717, 1.165) is 18.8 Å². The van der Waals surface area contributed by atoms with E-state index in [1.165, 1.54) is 0 Å². The number of hydrogen-bond acceptors (Lipinski definition) is 5. The summed E-state index contributed by atoms with van der Waals surface area (Å²) in [6, 6.07) is 5.88. The molecule has 1 aliphatic rings. The number of nitrogens with zero attached hydrogens (tertiary/aromatic N) is 5. The summed E-state index contributed by atoms with van der Waals surface area (Å²) in [6.45, 7) is 4.87. The van der Waals surface area contributed by atoms with Crippen molar-refractivity contribution in [3.8, 4) is 0 Å². The van der Waals surface area contributed by atoms with Crippen molar-refractivity contribution in [1.82, 2.24) is 30.2 Å². The van der Waals surface area contributed by atoms with Gasteiger partial charge in [-0.25, -0.2) is 4.68 Å². The van der Waals surface area contributed by atoms with E-state index in [4.69, 9.17) is 0 Å². The van der Waals surface area contributed by atoms with Crippen LogP contribution in [0.3, 0.4) is 0 Å². The van der Waals surface area contributed by atoms with Crippen LogP contribution in [0.4, 0.5) is 0 Å². The van der Waals surface area contributed by atoms with Crippen LogP contribution < -0.4 is 5.32 Å². The number of pyridine rings is 1. The maximum absolute atomic E-state index is 12.4. The van der Waals surface area contributed by atoms with Crippen LogP contribution in [0.5, 0.6) is 0 Å². The predicted molar refractivity (Wildman–Crippen MR) is 91.2 cm³/mol. The zero-order chi connectivity index (χ0) is 14.7. The first-order valence-electron chi connectivity index (χ1n) is 7.06. The van der Waals surface area contributed by atoms with Gasteiger partial charge >= 0.3 is 0 Å². The molecule has 1 N–H and O–H groups in total. The number of carbonyl (C=O) groups is 1. The molecule has 2 aromatic rings. The number of amides is 1. The molecule has 2 aromatic heterocycles. The number of nitrogens with one attached hydrogen (secondary N) is 1. The highest BCUT2D eigenvalue weighted by Crippen LogP contribution is 2.08. The number of piperazine rings is 1. The summed E-state index contributed by atoms with van der Waals surface area (Å²) in [4.78, 5) is 18.5. The van der Waals surface area contributed by atoms with Gasteiger partial charge in [0.15, 0.2) is 5.69 Å². The topological polar surface area (TPSA) is 75.9 Å². The van der Waals surface area contributed by atoms with Crippen molar-refractivity contribution >= 4 is 30.7 Å². The third kappa shape index (κ3) is 4.63. The normalized spacial score (nSPS) is 17.1. The summed E-state index contributed by atoms with van der Waals surface area (Å²) in [5.41, 5.74) is 1.27. The van der Waals surface area contributed by atoms with E-state index in [9.17, 15) is 4.79 Å². The van der Waals surface area contributed by atoms with Crippen molar-refractivity contribution in [2.75, 3.05) is 19.6 Å². The van der Waals surface area contributed by atoms with Gasteiger partial charge in [-0.1, -0.05) is 11.3 Å². The lowest BCUT2D eigenvalue weighted by Crippen LogP contribution is -2.52. The Morgan fingerprint density at radius 1 is 1.39 bits per heavy atom. The van der Waals surface area contributed by atoms with Crippen LogP contribution in [0.1, 0.15) is 23.1 Å². The zero-order valence-corrected chi connectivity index (χ0v) is 14.4. The second-order valence-electron chi connectivity index (χ2n) is 5.17. The second-order valence-corrected chi connectivity index (χ2v) is 5.17. The number of carbonyl (C=O) groups excluding carboxylic acids is 1. The first-order chi connectivity index (χ1) is 10.2. The quantitative estimate of drug-likeness (QED) is 0.885. The molecule has 1 aliphatic heterocycles. The molecule has 7 nitrogen and oxygen atoms in total. The van der Waals surface area contributed by atoms with Gasteiger partial charge in [-0.3, -0.25) is 9.78 Å². The molecule has 1 atom stereocenters. The van der Waals surface area contributed by atoms with Gasteiger partial charge in [0, 0.05) is 31.9 Å². The smallest absolute Gasteiger partial charge is 0.276 e. The number of rotatable bonds is 3. The first kappa shape index (κ1) is 19.3. The van der Waals surface area contributed by atoms with Gasteiger partial charge < -0.3 is 10.2 Å². The molecule has 23 heavy (non-hydrogen) atoms. The molecular weight excluding hydrogens is 339 g/mol. The van der Waals surface area contributed by atoms with Crippen molar-refractivity contribution in [1.29, 1.82) is 0 Å². The highest BCUT2D eigenvalue weighted by molar-refractivity contribution is 5.92. The molecule has 126 valence electrons. The number of aromatic nitrogens is 4. The van der Waals surface area contributed by atoms with E-state index in [1.807, 2.05) is 30.0 Å². The fraction of sp³-hybridized carbons (Fsp3) is 0.429. The van der Waals surface area contributed by atoms with E-state index in [-0.39, 0.29) is 36.8 Å². The Labute approximate surface area is 147 Å². The van der Waals surface area contributed by atoms with Gasteiger partial charge in [0.25, 0.3) is 5.91 Å². The molecule has 9 heteroatoms. The molecule has 0 saturated carbocycles. The maximum Gasteiger partial charge on any atom is 0.276 e. The third-order valence-electron chi connectivity index (χ3n) is 3.57. The highest BCUT2D eigenvalue weighted by atomic mass is 35.5. The van der Waals surface area contributed by atoms with E-state index < -0.39 is 0 Å². The SMILES string of the molecule is C[C@@H]1CNCCN1C(=O)c1cn(Cc2ccccn2)nn1.Cl.Cl. The monoisotopic (exact) mass is 358 g/mol. The predicted octanol–water partition coefficient (Wildman–Crippen LogP) is 0.999. The van der Waals surface area contributed by atoms with Gasteiger partial charge in [-0.2, -0.15) is 0 Å². The number of hydrogen-bond donors (Lipinski definition) is 1. The number of halogens is 2. The van der Waals surface area contributed by atoms with Gasteiger partial charge in [-0.05, 0) is 19.1 Å². The molecule has 1 saturated heterocycles. The Bertz CT molecular complexity index is 621. The molecule has 1 amide bonds. The van der Waals surface area contributed by atoms with Crippen LogP contribution >= 0.6 is 24.8 Å². The molecule has 0 radical (unpaired) electrons. The first-order valence-corrected chi connectivity index (χ1v) is 7.06. The Morgan fingerprint density at radius 2 is 2.22 bits per heavy atom. The average molecular weight is 359 g/mol. The van der Waals surface area contributed by atoms with Crippen molar-refractivity contribution in [3.63, 3.8) is 0 Å². The van der Waals surface area contributed by atoms with Crippen molar-refractivity contribution < 1.29 is 4.79 Å². The summed E-state index contributed by atoms with van der Waals surface area (Å²) < 4.78 is 1.64. The molecule has 0 aliphatic carbocycles. The van der Waals surface area contributed by atoms with Crippen LogP contribution in [0.15, 0.2) is 30.6 Å². The lowest BCUT2D eigenvalue weighted by atomic mass is 10.2. The largest absolute Gasteiger partial charge is 0.332 e. The molecule has 0 aromatic carbocycles. The summed E-state index contributed by atoms with van der Waals surface area (Å²) in [6.07, 6.45) is 3.42. The Kier molecular flexibility index (Phi) is 7.41. The summed E-state index contributed by atoms with van der Waals surface area (Å²) in [5, 5.41) is 11.3. The van der Waals surface area contributed by atoms with Crippen LogP contribution in [-0.4, -0.2) is 56.5 Å². The third-order valence-corrected chi connectivity index (χ3v) is 3.57. The van der Waals surface area contributed by atoms with Gasteiger partial charge in [0.1, 0.15) is 0 Å². The summed E-state index contributed by atoms with van der Waals surface area (Å²) >= 11 is 0. The van der Waals surface area contributed by atoms with E-state index in [1.54, 1.807) is 17.1 Å². The van der Waals surface area contributed by atoms with Crippen LogP contribution in [-0.2, 0) is 6.54 Å². The van der Waals surface area contributed by atoms with Crippen molar-refractivity contribution in [2.24, 2.45) is 0 Å². The zero-order valence-electron chi connectivity index (χ0n) is 12.8. The summed E-state index contributed by atoms with van der Waals surface area (Å²) in [5.74, 6) is -0.0590. The average Bonchev–Trinajstić information content (AvgIpc) is 2.97. The molecular formula is C14H20Cl2N6O. The van der Waals surface area contributed by atoms with Crippen LogP contribution in [0.25, 0.3) is 0 Å². The van der Waals surface area contributed by atoms with Gasteiger partial charge in [0.2, 0.25) is 0 Å². The van der Waals surface area contributed by atoms with E-state index in [2.05, 4.69) is 20.6 Å². The van der Waals surface area contributed by atoms with E-state index >= 15 is 0 Å². The van der Waals surface area contributed by atoms with Gasteiger partial charge in [-0.15, -0.1) is 29.9 Å². The van der Waals surface area contributed by atoms with Crippen molar-refractivity contribution in [2.45, 2.75) is 19.5 Å². The van der Waals surface area contributed by atoms with Crippen LogP contribution in [0.2, 0.25) is 0 Å². The Hall–Kier alpha value is -1.70. The fourth-order valence-corrected chi connectivity index (χ4v) is 2.42. The van der Waals surface area contributed by atoms with Gasteiger partial charge in [0.05, 0.1) is 18.4 Å². The Morgan fingerprint density at radius 3 is 2.91 bits per heavy atom. The standard InChI is InChI=1S/C14H18N6O.2ClH/c1-11-8-15-6-7-20(11)14(21)13-10-19(18-17-13)9-12-4-2-3-5-16-12;;/h2-5,10-11,15H,6-9H2,1H3;2*1H/t11-;;/m1../s1. The molecule has 3 rings (SSSR count). The molecule has 0 bridgehead atoms. The highest BCUT2D eigenvalue weighted by Gasteiger charge is 2.25. The van der Waals surface area contributed by atoms with Crippen LogP contribution in [0, 0.1) is 0 Å². The minimum atomic E-state index is -0.0590. The molecule has 0 spiro atoms. The van der Waals surface area contributed by atoms with E-state index in [0.29, 0.717) is 18.8 Å². The minimum Gasteiger partial charge on any atom is -0.332 e. The van der Waals surface area contributed by atoms with Crippen molar-refractivity contribution in [3.05, 3.63) is 42.0 Å². The minimum absolute atomic E-state index is 0. The second kappa shape index (κ2) is 8.81. The molecule has 3 heterocycles. The Balaban J connectivity index is 0.00000132. The summed E-state index contributed by atoms with van der Waals surface area (Å²) in [7, 11) is 0. The molecule has 0 unspecified atom stereocenters.